The van der Waals surface area contributed by atoms with Crippen LogP contribution in [0.3, 0.4) is 0 Å². The molecule has 1 aliphatic heterocycles. The van der Waals surface area contributed by atoms with Crippen LogP contribution in [-0.2, 0) is 4.74 Å². The molecule has 1 unspecified atom stereocenters. The van der Waals surface area contributed by atoms with Gasteiger partial charge in [-0.1, -0.05) is 0 Å². The summed E-state index contributed by atoms with van der Waals surface area (Å²) in [5.41, 5.74) is 0.792. The normalized spacial score (nSPS) is 18.8. The maximum Gasteiger partial charge on any atom is 0.401 e. The molecule has 1 N–H and O–H groups in total. The summed E-state index contributed by atoms with van der Waals surface area (Å²) in [6.07, 6.45) is -3.54. The number of halogens is 3. The van der Waals surface area contributed by atoms with Gasteiger partial charge in [0.1, 0.15) is 5.60 Å². The molecule has 1 heterocycles. The Labute approximate surface area is 140 Å². The molecule has 1 aromatic rings. The minimum Gasteiger partial charge on any atom is -0.456 e. The Balaban J connectivity index is 1.91. The van der Waals surface area contributed by atoms with Crippen molar-refractivity contribution >= 4 is 11.7 Å². The topological polar surface area (TPSA) is 41.6 Å². The number of alkyl halides is 3. The summed E-state index contributed by atoms with van der Waals surface area (Å²) in [4.78, 5) is 14.0. The summed E-state index contributed by atoms with van der Waals surface area (Å²) >= 11 is 0. The molecule has 0 spiro atoms. The van der Waals surface area contributed by atoms with Crippen LogP contribution in [0.15, 0.2) is 24.3 Å². The van der Waals surface area contributed by atoms with Crippen molar-refractivity contribution in [3.05, 3.63) is 29.8 Å². The second-order valence-corrected chi connectivity index (χ2v) is 6.98. The van der Waals surface area contributed by atoms with Crippen LogP contribution in [0.1, 0.15) is 37.6 Å². The molecule has 0 radical (unpaired) electrons. The molecule has 2 rings (SSSR count). The zero-order valence-electron chi connectivity index (χ0n) is 14.1. The van der Waals surface area contributed by atoms with Crippen LogP contribution in [0.5, 0.6) is 0 Å². The van der Waals surface area contributed by atoms with Gasteiger partial charge in [-0.15, -0.1) is 0 Å². The first kappa shape index (κ1) is 18.6. The predicted molar refractivity (Wildman–Crippen MR) is 86.3 cm³/mol. The lowest BCUT2D eigenvalue weighted by Crippen LogP contribution is -2.38. The third-order valence-corrected chi connectivity index (χ3v) is 3.65. The third-order valence-electron chi connectivity index (χ3n) is 3.65. The molecule has 0 bridgehead atoms. The van der Waals surface area contributed by atoms with Crippen molar-refractivity contribution in [2.24, 2.45) is 0 Å². The van der Waals surface area contributed by atoms with Crippen LogP contribution in [0, 0.1) is 0 Å². The number of hydrogen-bond donors (Lipinski definition) is 1. The number of benzene rings is 1. The number of carbonyl (C=O) groups is 1. The highest BCUT2D eigenvalue weighted by Gasteiger charge is 2.30. The van der Waals surface area contributed by atoms with Crippen LogP contribution in [0.4, 0.5) is 18.9 Å². The van der Waals surface area contributed by atoms with E-state index in [4.69, 9.17) is 4.74 Å². The summed E-state index contributed by atoms with van der Waals surface area (Å²) in [5, 5.41) is 2.54. The van der Waals surface area contributed by atoms with Gasteiger partial charge >= 0.3 is 12.1 Å². The van der Waals surface area contributed by atoms with Gasteiger partial charge in [0, 0.05) is 24.8 Å². The second-order valence-electron chi connectivity index (χ2n) is 6.98. The fraction of sp³-hybridized carbons (Fsp3) is 0.588. The summed E-state index contributed by atoms with van der Waals surface area (Å²) in [6.45, 7) is 5.64. The minimum atomic E-state index is -4.19. The molecule has 1 fully saturated rings. The SMILES string of the molecule is CC(C)(C)OC(=O)c1ccc(N2CCC(NCC(F)(F)F)C2)cc1. The number of ether oxygens (including phenoxy) is 1. The Morgan fingerprint density at radius 3 is 2.42 bits per heavy atom. The summed E-state index contributed by atoms with van der Waals surface area (Å²) < 4.78 is 42.0. The van der Waals surface area contributed by atoms with Gasteiger partial charge in [-0.3, -0.25) is 0 Å². The first-order chi connectivity index (χ1) is 11.0. The number of esters is 1. The zero-order valence-corrected chi connectivity index (χ0v) is 14.1. The van der Waals surface area contributed by atoms with Crippen LogP contribution < -0.4 is 10.2 Å². The predicted octanol–water partition coefficient (Wildman–Crippen LogP) is 3.37. The molecule has 0 saturated carbocycles. The first-order valence-corrected chi connectivity index (χ1v) is 7.92. The Hall–Kier alpha value is -1.76. The molecule has 1 saturated heterocycles. The van der Waals surface area contributed by atoms with E-state index in [1.807, 2.05) is 4.90 Å². The Bertz CT molecular complexity index is 565. The fourth-order valence-corrected chi connectivity index (χ4v) is 2.57. The van der Waals surface area contributed by atoms with E-state index in [0.717, 1.165) is 5.69 Å². The zero-order chi connectivity index (χ0) is 18.0. The van der Waals surface area contributed by atoms with Crippen molar-refractivity contribution in [2.75, 3.05) is 24.5 Å². The molecular formula is C17H23F3N2O2. The van der Waals surface area contributed by atoms with Gasteiger partial charge in [0.05, 0.1) is 12.1 Å². The monoisotopic (exact) mass is 344 g/mol. The Morgan fingerprint density at radius 1 is 1.25 bits per heavy atom. The molecule has 0 aliphatic carbocycles. The van der Waals surface area contributed by atoms with Gasteiger partial charge in [0.2, 0.25) is 0 Å². The summed E-state index contributed by atoms with van der Waals surface area (Å²) in [7, 11) is 0. The van der Waals surface area contributed by atoms with E-state index in [0.29, 0.717) is 25.1 Å². The summed E-state index contributed by atoms with van der Waals surface area (Å²) in [5.74, 6) is -0.389. The van der Waals surface area contributed by atoms with Crippen molar-refractivity contribution in [3.63, 3.8) is 0 Å². The second kappa shape index (κ2) is 7.01. The number of nitrogens with one attached hydrogen (secondary N) is 1. The smallest absolute Gasteiger partial charge is 0.401 e. The summed E-state index contributed by atoms with van der Waals surface area (Å²) in [6, 6.07) is 6.77. The molecule has 7 heteroatoms. The molecule has 1 aromatic carbocycles. The van der Waals surface area contributed by atoms with Crippen LogP contribution in [-0.4, -0.2) is 43.4 Å². The number of hydrogen-bond acceptors (Lipinski definition) is 4. The van der Waals surface area contributed by atoms with Gasteiger partial charge in [-0.25, -0.2) is 4.79 Å². The largest absolute Gasteiger partial charge is 0.456 e. The maximum atomic E-state index is 12.2. The number of anilines is 1. The van der Waals surface area contributed by atoms with Gasteiger partial charge in [-0.2, -0.15) is 13.2 Å². The number of nitrogens with zero attached hydrogens (tertiary/aromatic N) is 1. The Morgan fingerprint density at radius 2 is 1.88 bits per heavy atom. The highest BCUT2D eigenvalue weighted by Crippen LogP contribution is 2.22. The molecule has 0 aromatic heterocycles. The van der Waals surface area contributed by atoms with E-state index in [2.05, 4.69) is 5.32 Å². The standard InChI is InChI=1S/C17H23F3N2O2/c1-16(2,3)24-15(23)12-4-6-14(7-5-12)22-9-8-13(10-22)21-11-17(18,19)20/h4-7,13,21H,8-11H2,1-3H3. The van der Waals surface area contributed by atoms with Crippen molar-refractivity contribution in [1.29, 1.82) is 0 Å². The lowest BCUT2D eigenvalue weighted by atomic mass is 10.1. The molecule has 4 nitrogen and oxygen atoms in total. The first-order valence-electron chi connectivity index (χ1n) is 7.92. The van der Waals surface area contributed by atoms with Crippen molar-refractivity contribution < 1.29 is 22.7 Å². The fourth-order valence-electron chi connectivity index (χ4n) is 2.57. The van der Waals surface area contributed by atoms with E-state index in [1.165, 1.54) is 0 Å². The van der Waals surface area contributed by atoms with Gasteiger partial charge in [-0.05, 0) is 51.5 Å². The highest BCUT2D eigenvalue weighted by molar-refractivity contribution is 5.90. The minimum absolute atomic E-state index is 0.183. The van der Waals surface area contributed by atoms with Gasteiger partial charge < -0.3 is 15.0 Å². The van der Waals surface area contributed by atoms with Crippen LogP contribution in [0.25, 0.3) is 0 Å². The van der Waals surface area contributed by atoms with E-state index in [9.17, 15) is 18.0 Å². The van der Waals surface area contributed by atoms with Crippen molar-refractivity contribution in [1.82, 2.24) is 5.32 Å². The molecule has 0 amide bonds. The number of carbonyl (C=O) groups excluding carboxylic acids is 1. The lowest BCUT2D eigenvalue weighted by molar-refractivity contribution is -0.125. The van der Waals surface area contributed by atoms with Crippen LogP contribution >= 0.6 is 0 Å². The third kappa shape index (κ3) is 5.70. The Kier molecular flexibility index (Phi) is 5.42. The molecular weight excluding hydrogens is 321 g/mol. The van der Waals surface area contributed by atoms with E-state index < -0.39 is 18.3 Å². The van der Waals surface area contributed by atoms with Crippen molar-refractivity contribution in [2.45, 2.75) is 45.0 Å². The molecule has 134 valence electrons. The van der Waals surface area contributed by atoms with E-state index in [1.54, 1.807) is 45.0 Å². The number of rotatable bonds is 4. The molecule has 1 aliphatic rings. The maximum absolute atomic E-state index is 12.2. The quantitative estimate of drug-likeness (QED) is 0.851. The van der Waals surface area contributed by atoms with Crippen LogP contribution in [0.2, 0.25) is 0 Å². The molecule has 1 atom stereocenters. The van der Waals surface area contributed by atoms with Gasteiger partial charge in [0.25, 0.3) is 0 Å². The van der Waals surface area contributed by atoms with E-state index in [-0.39, 0.29) is 12.0 Å². The lowest BCUT2D eigenvalue weighted by Gasteiger charge is -2.21. The average Bonchev–Trinajstić information content (AvgIpc) is 2.92. The molecule has 24 heavy (non-hydrogen) atoms. The van der Waals surface area contributed by atoms with Gasteiger partial charge in [0.15, 0.2) is 0 Å². The highest BCUT2D eigenvalue weighted by atomic mass is 19.4. The van der Waals surface area contributed by atoms with Crippen molar-refractivity contribution in [3.8, 4) is 0 Å². The van der Waals surface area contributed by atoms with E-state index >= 15 is 0 Å². The average molecular weight is 344 g/mol.